The van der Waals surface area contributed by atoms with Gasteiger partial charge in [0.25, 0.3) is 0 Å². The van der Waals surface area contributed by atoms with Gasteiger partial charge in [0, 0.05) is 38.9 Å². The van der Waals surface area contributed by atoms with Crippen LogP contribution in [0, 0.1) is 0 Å². The van der Waals surface area contributed by atoms with Crippen molar-refractivity contribution in [3.8, 4) is 0 Å². The number of carbonyl (C=O) groups excluding carboxylic acids is 3. The zero-order valence-corrected chi connectivity index (χ0v) is 17.1. The van der Waals surface area contributed by atoms with E-state index in [2.05, 4.69) is 22.9 Å². The number of rotatable bonds is 18. The van der Waals surface area contributed by atoms with E-state index in [9.17, 15) is 14.4 Å². The molecule has 0 radical (unpaired) electrons. The number of nitrogens with one attached hydrogen (secondary N) is 3. The third kappa shape index (κ3) is 18.9. The second-order valence-corrected chi connectivity index (χ2v) is 6.92. The molecule has 3 amide bonds. The number of hydrogen-bond acceptors (Lipinski definition) is 4. The van der Waals surface area contributed by atoms with Crippen molar-refractivity contribution >= 4 is 17.7 Å². The first kappa shape index (κ1) is 25.4. The molecule has 0 aliphatic rings. The van der Waals surface area contributed by atoms with Crippen LogP contribution in [-0.2, 0) is 14.4 Å². The minimum Gasteiger partial charge on any atom is -0.356 e. The maximum absolute atomic E-state index is 11.7. The van der Waals surface area contributed by atoms with Crippen molar-refractivity contribution in [1.82, 2.24) is 16.0 Å². The zero-order valence-electron chi connectivity index (χ0n) is 17.1. The van der Waals surface area contributed by atoms with Crippen LogP contribution in [-0.4, -0.2) is 43.9 Å². The van der Waals surface area contributed by atoms with E-state index in [4.69, 9.17) is 5.73 Å². The molecule has 0 aromatic carbocycles. The van der Waals surface area contributed by atoms with Crippen molar-refractivity contribution < 1.29 is 14.4 Å². The summed E-state index contributed by atoms with van der Waals surface area (Å²) >= 11 is 0. The van der Waals surface area contributed by atoms with Crippen LogP contribution in [0.25, 0.3) is 0 Å². The van der Waals surface area contributed by atoms with Crippen LogP contribution >= 0.6 is 0 Å². The molecule has 0 saturated carbocycles. The van der Waals surface area contributed by atoms with Crippen molar-refractivity contribution in [2.24, 2.45) is 5.73 Å². The lowest BCUT2D eigenvalue weighted by Crippen LogP contribution is -2.32. The summed E-state index contributed by atoms with van der Waals surface area (Å²) in [5, 5.41) is 8.37. The van der Waals surface area contributed by atoms with Crippen LogP contribution in [0.5, 0.6) is 0 Å². The molecule has 7 nitrogen and oxygen atoms in total. The Hall–Kier alpha value is -1.63. The highest BCUT2D eigenvalue weighted by Gasteiger charge is 2.07. The molecule has 0 aliphatic heterocycles. The molecule has 0 spiro atoms. The predicted octanol–water partition coefficient (Wildman–Crippen LogP) is 1.99. The van der Waals surface area contributed by atoms with E-state index in [-0.39, 0.29) is 37.0 Å². The van der Waals surface area contributed by atoms with Gasteiger partial charge in [0.15, 0.2) is 0 Å². The molecule has 0 rings (SSSR count). The van der Waals surface area contributed by atoms with Gasteiger partial charge < -0.3 is 21.7 Å². The first-order valence-electron chi connectivity index (χ1n) is 10.6. The molecule has 0 bridgehead atoms. The summed E-state index contributed by atoms with van der Waals surface area (Å²) in [4.78, 5) is 35.0. The van der Waals surface area contributed by atoms with E-state index < -0.39 is 0 Å². The summed E-state index contributed by atoms with van der Waals surface area (Å²) in [6, 6.07) is 0. The van der Waals surface area contributed by atoms with Gasteiger partial charge in [0.2, 0.25) is 17.7 Å². The summed E-state index contributed by atoms with van der Waals surface area (Å²) in [6.07, 6.45) is 10.5. The fraction of sp³-hybridized carbons (Fsp3) is 0.850. The third-order valence-electron chi connectivity index (χ3n) is 4.31. The second-order valence-electron chi connectivity index (χ2n) is 6.92. The summed E-state index contributed by atoms with van der Waals surface area (Å²) < 4.78 is 0. The standard InChI is InChI=1S/C20H40N4O3/c1-2-3-4-6-9-16-23-20(27)13-17-24-19(26)12-11-18(25)22-15-10-7-5-8-14-21/h2-17,21H2,1H3,(H,22,25)(H,23,27)(H,24,26). The fourth-order valence-corrected chi connectivity index (χ4v) is 2.61. The van der Waals surface area contributed by atoms with Gasteiger partial charge in [-0.15, -0.1) is 0 Å². The number of hydrogen-bond donors (Lipinski definition) is 4. The maximum Gasteiger partial charge on any atom is 0.221 e. The van der Waals surface area contributed by atoms with Gasteiger partial charge in [-0.05, 0) is 25.8 Å². The van der Waals surface area contributed by atoms with E-state index in [1.807, 2.05) is 0 Å². The minimum atomic E-state index is -0.194. The van der Waals surface area contributed by atoms with Crippen LogP contribution < -0.4 is 21.7 Å². The van der Waals surface area contributed by atoms with Crippen molar-refractivity contribution in [1.29, 1.82) is 0 Å². The highest BCUT2D eigenvalue weighted by Crippen LogP contribution is 2.01. The lowest BCUT2D eigenvalue weighted by atomic mass is 10.1. The average Bonchev–Trinajstić information content (AvgIpc) is 2.65. The number of carbonyl (C=O) groups is 3. The molecular weight excluding hydrogens is 344 g/mol. The number of unbranched alkanes of at least 4 members (excludes halogenated alkanes) is 7. The van der Waals surface area contributed by atoms with Crippen LogP contribution in [0.1, 0.15) is 84.0 Å². The Bertz CT molecular complexity index is 403. The molecule has 7 heteroatoms. The third-order valence-corrected chi connectivity index (χ3v) is 4.31. The molecule has 0 heterocycles. The van der Waals surface area contributed by atoms with Crippen molar-refractivity contribution in [2.75, 3.05) is 26.2 Å². The van der Waals surface area contributed by atoms with Crippen LogP contribution in [0.3, 0.4) is 0 Å². The number of amides is 3. The smallest absolute Gasteiger partial charge is 0.221 e. The molecule has 0 aliphatic carbocycles. The molecule has 0 saturated heterocycles. The minimum absolute atomic E-state index is 0.0434. The van der Waals surface area contributed by atoms with Crippen LogP contribution in [0.2, 0.25) is 0 Å². The molecule has 158 valence electrons. The fourth-order valence-electron chi connectivity index (χ4n) is 2.61. The molecule has 0 aromatic rings. The van der Waals surface area contributed by atoms with Gasteiger partial charge in [-0.25, -0.2) is 0 Å². The van der Waals surface area contributed by atoms with Crippen molar-refractivity contribution in [3.05, 3.63) is 0 Å². The summed E-state index contributed by atoms with van der Waals surface area (Å²) in [7, 11) is 0. The molecule has 5 N–H and O–H groups in total. The van der Waals surface area contributed by atoms with E-state index in [1.165, 1.54) is 19.3 Å². The zero-order chi connectivity index (χ0) is 20.2. The van der Waals surface area contributed by atoms with E-state index in [0.717, 1.165) is 38.5 Å². The van der Waals surface area contributed by atoms with E-state index in [1.54, 1.807) is 0 Å². The number of nitrogens with two attached hydrogens (primary N) is 1. The molecule has 0 fully saturated rings. The Morgan fingerprint density at radius 2 is 1.04 bits per heavy atom. The SMILES string of the molecule is CCCCCCCNC(=O)CCNC(=O)CCC(=O)NCCCCCCN. The average molecular weight is 385 g/mol. The Morgan fingerprint density at radius 1 is 0.593 bits per heavy atom. The van der Waals surface area contributed by atoms with Gasteiger partial charge in [0.1, 0.15) is 0 Å². The highest BCUT2D eigenvalue weighted by molar-refractivity contribution is 5.84. The molecule has 0 aromatic heterocycles. The largest absolute Gasteiger partial charge is 0.356 e. The van der Waals surface area contributed by atoms with Gasteiger partial charge in [0.05, 0.1) is 0 Å². The van der Waals surface area contributed by atoms with Gasteiger partial charge in [-0.3, -0.25) is 14.4 Å². The topological polar surface area (TPSA) is 113 Å². The Balaban J connectivity index is 3.49. The molecule has 0 unspecified atom stereocenters. The van der Waals surface area contributed by atoms with E-state index in [0.29, 0.717) is 26.2 Å². The maximum atomic E-state index is 11.7. The van der Waals surface area contributed by atoms with Crippen molar-refractivity contribution in [3.63, 3.8) is 0 Å². The van der Waals surface area contributed by atoms with E-state index >= 15 is 0 Å². The molecule has 27 heavy (non-hydrogen) atoms. The lowest BCUT2D eigenvalue weighted by molar-refractivity contribution is -0.126. The van der Waals surface area contributed by atoms with Gasteiger partial charge in [-0.2, -0.15) is 0 Å². The monoisotopic (exact) mass is 384 g/mol. The quantitative estimate of drug-likeness (QED) is 0.271. The van der Waals surface area contributed by atoms with Crippen LogP contribution in [0.15, 0.2) is 0 Å². The predicted molar refractivity (Wildman–Crippen MR) is 109 cm³/mol. The van der Waals surface area contributed by atoms with Gasteiger partial charge >= 0.3 is 0 Å². The summed E-state index contributed by atoms with van der Waals surface area (Å²) in [5.74, 6) is -0.344. The molecule has 0 atom stereocenters. The first-order chi connectivity index (χ1) is 13.1. The second kappa shape index (κ2) is 19.1. The highest BCUT2D eigenvalue weighted by atomic mass is 16.2. The summed E-state index contributed by atoms with van der Waals surface area (Å²) in [6.45, 7) is 4.53. The Kier molecular flexibility index (Phi) is 18.0. The summed E-state index contributed by atoms with van der Waals surface area (Å²) in [5.41, 5.74) is 5.42. The molecular formula is C20H40N4O3. The Labute approximate surface area is 164 Å². The first-order valence-corrected chi connectivity index (χ1v) is 10.6. The van der Waals surface area contributed by atoms with Crippen LogP contribution in [0.4, 0.5) is 0 Å². The lowest BCUT2D eigenvalue weighted by Gasteiger charge is -2.07. The Morgan fingerprint density at radius 3 is 1.56 bits per heavy atom. The normalized spacial score (nSPS) is 10.4. The van der Waals surface area contributed by atoms with Crippen molar-refractivity contribution in [2.45, 2.75) is 84.0 Å². The van der Waals surface area contributed by atoms with Gasteiger partial charge in [-0.1, -0.05) is 45.4 Å².